The van der Waals surface area contributed by atoms with Crippen LogP contribution < -0.4 is 10.5 Å². The summed E-state index contributed by atoms with van der Waals surface area (Å²) in [5, 5.41) is 4.19. The van der Waals surface area contributed by atoms with Gasteiger partial charge in [0.2, 0.25) is 0 Å². The van der Waals surface area contributed by atoms with Crippen LogP contribution in [0.1, 0.15) is 12.5 Å². The van der Waals surface area contributed by atoms with E-state index < -0.39 is 0 Å². The summed E-state index contributed by atoms with van der Waals surface area (Å²) >= 11 is 0. The molecule has 0 aromatic heterocycles. The summed E-state index contributed by atoms with van der Waals surface area (Å²) in [7, 11) is 0. The number of anilines is 1. The van der Waals surface area contributed by atoms with Crippen molar-refractivity contribution in [1.29, 1.82) is 0 Å². The Bertz CT molecular complexity index is 342. The molecule has 2 rings (SSSR count). The second-order valence-electron chi connectivity index (χ2n) is 3.72. The van der Waals surface area contributed by atoms with E-state index in [1.807, 2.05) is 0 Å². The summed E-state index contributed by atoms with van der Waals surface area (Å²) in [6.45, 7) is 6.08. The Morgan fingerprint density at radius 1 is 1.27 bits per heavy atom. The molecule has 3 heteroatoms. The Kier molecular flexibility index (Phi) is 2.92. The molecule has 0 atom stereocenters. The third-order valence-corrected chi connectivity index (χ3v) is 2.51. The topological polar surface area (TPSA) is 18.5 Å². The molecular formula is C12H17N3. The van der Waals surface area contributed by atoms with Gasteiger partial charge in [-0.2, -0.15) is 0 Å². The maximum Gasteiger partial charge on any atom is 0.0560 e. The van der Waals surface area contributed by atoms with Crippen molar-refractivity contribution in [3.8, 4) is 0 Å². The van der Waals surface area contributed by atoms with Crippen LogP contribution in [-0.2, 0) is 0 Å². The van der Waals surface area contributed by atoms with Crippen LogP contribution in [0, 0.1) is 6.92 Å². The van der Waals surface area contributed by atoms with Gasteiger partial charge in [0.25, 0.3) is 0 Å². The fourth-order valence-electron chi connectivity index (χ4n) is 1.57. The molecular weight excluding hydrogens is 186 g/mol. The van der Waals surface area contributed by atoms with Gasteiger partial charge in [0.1, 0.15) is 0 Å². The molecule has 0 unspecified atom stereocenters. The molecule has 1 aromatic rings. The molecule has 1 aliphatic rings. The number of rotatable bonds is 2. The molecule has 1 N–H and O–H groups in total. The van der Waals surface area contributed by atoms with Crippen LogP contribution in [0.4, 0.5) is 5.69 Å². The summed E-state index contributed by atoms with van der Waals surface area (Å²) in [6, 6.07) is 8.53. The highest BCUT2D eigenvalue weighted by molar-refractivity contribution is 5.47. The number of aryl methyl sites for hydroxylation is 1. The number of benzene rings is 1. The van der Waals surface area contributed by atoms with Crippen LogP contribution in [0.2, 0.25) is 0 Å². The van der Waals surface area contributed by atoms with Crippen molar-refractivity contribution in [2.75, 3.05) is 18.1 Å². The minimum Gasteiger partial charge on any atom is -0.299 e. The number of nitrogens with zero attached hydrogens (tertiary/aromatic N) is 2. The molecule has 1 heterocycles. The van der Waals surface area contributed by atoms with Gasteiger partial charge < -0.3 is 0 Å². The lowest BCUT2D eigenvalue weighted by molar-refractivity contribution is 0.262. The number of nitrogens with one attached hydrogen (secondary N) is 1. The van der Waals surface area contributed by atoms with Gasteiger partial charge in [0.05, 0.1) is 12.2 Å². The average Bonchev–Trinajstić information content (AvgIpc) is 2.30. The Hall–Kier alpha value is -1.48. The molecule has 0 bridgehead atoms. The number of hydrazine groups is 2. The van der Waals surface area contributed by atoms with Crippen molar-refractivity contribution < 1.29 is 0 Å². The second-order valence-corrected chi connectivity index (χ2v) is 3.72. The van der Waals surface area contributed by atoms with Gasteiger partial charge in [-0.25, -0.2) is 0 Å². The van der Waals surface area contributed by atoms with Crippen LogP contribution in [-0.4, -0.2) is 18.1 Å². The summed E-state index contributed by atoms with van der Waals surface area (Å²) < 4.78 is 0. The lowest BCUT2D eigenvalue weighted by atomic mass is 10.2. The van der Waals surface area contributed by atoms with Gasteiger partial charge in [-0.1, -0.05) is 17.7 Å². The van der Waals surface area contributed by atoms with Crippen molar-refractivity contribution in [2.45, 2.75) is 13.8 Å². The van der Waals surface area contributed by atoms with Crippen LogP contribution in [0.3, 0.4) is 0 Å². The van der Waals surface area contributed by atoms with Gasteiger partial charge in [-0.15, -0.1) is 5.53 Å². The maximum absolute atomic E-state index is 3.32. The molecule has 0 fully saturated rings. The van der Waals surface area contributed by atoms with E-state index in [1.165, 1.54) is 11.3 Å². The van der Waals surface area contributed by atoms with Gasteiger partial charge in [-0.3, -0.25) is 10.0 Å². The smallest absolute Gasteiger partial charge is 0.0560 e. The second kappa shape index (κ2) is 4.36. The Balaban J connectivity index is 2.11. The van der Waals surface area contributed by atoms with Crippen LogP contribution in [0.15, 0.2) is 36.5 Å². The van der Waals surface area contributed by atoms with Crippen molar-refractivity contribution in [3.05, 3.63) is 42.1 Å². The van der Waals surface area contributed by atoms with Crippen molar-refractivity contribution >= 4 is 5.69 Å². The normalized spacial score (nSPS) is 15.9. The van der Waals surface area contributed by atoms with E-state index >= 15 is 0 Å². The molecule has 0 saturated heterocycles. The monoisotopic (exact) mass is 203 g/mol. The van der Waals surface area contributed by atoms with Gasteiger partial charge in [0.15, 0.2) is 0 Å². The minimum atomic E-state index is 0.902. The quantitative estimate of drug-likeness (QED) is 0.794. The van der Waals surface area contributed by atoms with Gasteiger partial charge in [0, 0.05) is 12.7 Å². The first-order valence-electron chi connectivity index (χ1n) is 5.33. The number of hydrogen-bond acceptors (Lipinski definition) is 3. The van der Waals surface area contributed by atoms with E-state index in [-0.39, 0.29) is 0 Å². The fourth-order valence-corrected chi connectivity index (χ4v) is 1.57. The van der Waals surface area contributed by atoms with Crippen molar-refractivity contribution in [2.24, 2.45) is 0 Å². The SMILES string of the molecule is CCN1C=CCN(c2ccc(C)cc2)N1. The molecule has 1 aromatic carbocycles. The van der Waals surface area contributed by atoms with Gasteiger partial charge >= 0.3 is 0 Å². The average molecular weight is 203 g/mol. The molecule has 80 valence electrons. The first-order valence-corrected chi connectivity index (χ1v) is 5.33. The van der Waals surface area contributed by atoms with Crippen molar-refractivity contribution in [1.82, 2.24) is 10.5 Å². The highest BCUT2D eigenvalue weighted by atomic mass is 15.8. The summed E-state index contributed by atoms with van der Waals surface area (Å²) in [6.07, 6.45) is 4.23. The largest absolute Gasteiger partial charge is 0.299 e. The van der Waals surface area contributed by atoms with E-state index in [4.69, 9.17) is 0 Å². The highest BCUT2D eigenvalue weighted by Crippen LogP contribution is 2.14. The van der Waals surface area contributed by atoms with E-state index in [0.717, 1.165) is 13.1 Å². The minimum absolute atomic E-state index is 0.902. The Morgan fingerprint density at radius 2 is 2.00 bits per heavy atom. The molecule has 0 aliphatic carbocycles. The summed E-state index contributed by atoms with van der Waals surface area (Å²) in [4.78, 5) is 0. The summed E-state index contributed by atoms with van der Waals surface area (Å²) in [5.41, 5.74) is 5.81. The van der Waals surface area contributed by atoms with Crippen LogP contribution >= 0.6 is 0 Å². The molecule has 0 saturated carbocycles. The highest BCUT2D eigenvalue weighted by Gasteiger charge is 2.10. The Labute approximate surface area is 90.9 Å². The molecule has 1 aliphatic heterocycles. The zero-order chi connectivity index (χ0) is 10.7. The van der Waals surface area contributed by atoms with Crippen LogP contribution in [0.5, 0.6) is 0 Å². The van der Waals surface area contributed by atoms with Gasteiger partial charge in [-0.05, 0) is 32.1 Å². The lowest BCUT2D eigenvalue weighted by Crippen LogP contribution is -2.50. The lowest BCUT2D eigenvalue weighted by Gasteiger charge is -2.34. The van der Waals surface area contributed by atoms with E-state index in [9.17, 15) is 0 Å². The number of hydrogen-bond donors (Lipinski definition) is 1. The maximum atomic E-state index is 3.32. The standard InChI is InChI=1S/C12H17N3/c1-3-14-9-4-10-15(13-14)12-7-5-11(2)6-8-12/h4-9,13H,3,10H2,1-2H3. The fraction of sp³-hybridized carbons (Fsp3) is 0.333. The molecule has 0 radical (unpaired) electrons. The molecule has 0 amide bonds. The van der Waals surface area contributed by atoms with E-state index in [1.54, 1.807) is 0 Å². The molecule has 0 spiro atoms. The predicted molar refractivity (Wildman–Crippen MR) is 63.2 cm³/mol. The molecule has 3 nitrogen and oxygen atoms in total. The summed E-state index contributed by atoms with van der Waals surface area (Å²) in [5.74, 6) is 0. The third kappa shape index (κ3) is 2.30. The van der Waals surface area contributed by atoms with E-state index in [2.05, 4.69) is 65.9 Å². The van der Waals surface area contributed by atoms with Crippen molar-refractivity contribution in [3.63, 3.8) is 0 Å². The first kappa shape index (κ1) is 10.1. The zero-order valence-electron chi connectivity index (χ0n) is 9.27. The Morgan fingerprint density at radius 3 is 2.67 bits per heavy atom. The zero-order valence-corrected chi connectivity index (χ0v) is 9.27. The first-order chi connectivity index (χ1) is 7.29. The predicted octanol–water partition coefficient (Wildman–Crippen LogP) is 2.07. The molecule has 15 heavy (non-hydrogen) atoms. The third-order valence-electron chi connectivity index (χ3n) is 2.51. The van der Waals surface area contributed by atoms with Crippen LogP contribution in [0.25, 0.3) is 0 Å². The van der Waals surface area contributed by atoms with E-state index in [0.29, 0.717) is 0 Å².